The summed E-state index contributed by atoms with van der Waals surface area (Å²) in [5, 5.41) is 0. The fourth-order valence-electron chi connectivity index (χ4n) is 3.89. The average Bonchev–Trinajstić information content (AvgIpc) is 3.46. The molecule has 2 aromatic heterocycles. The number of fused-ring (bicyclic) bond motifs is 1. The van der Waals surface area contributed by atoms with Crippen LogP contribution >= 0.6 is 0 Å². The summed E-state index contributed by atoms with van der Waals surface area (Å²) in [5.74, 6) is -0.139. The molecule has 0 unspecified atom stereocenters. The highest BCUT2D eigenvalue weighted by atomic mass is 32.2. The van der Waals surface area contributed by atoms with Crippen LogP contribution in [0.15, 0.2) is 35.7 Å². The highest BCUT2D eigenvalue weighted by Gasteiger charge is 2.27. The van der Waals surface area contributed by atoms with E-state index < -0.39 is 16.0 Å². The van der Waals surface area contributed by atoms with Crippen molar-refractivity contribution in [2.75, 3.05) is 19.5 Å². The van der Waals surface area contributed by atoms with Gasteiger partial charge < -0.3 is 19.8 Å². The Morgan fingerprint density at radius 3 is 2.79 bits per heavy atom. The number of rotatable bonds is 9. The van der Waals surface area contributed by atoms with Crippen LogP contribution in [0, 0.1) is 0 Å². The predicted molar refractivity (Wildman–Crippen MR) is 120 cm³/mol. The van der Waals surface area contributed by atoms with Crippen LogP contribution in [0.4, 0.5) is 5.82 Å². The average molecular weight is 475 g/mol. The molecule has 0 saturated heterocycles. The quantitative estimate of drug-likeness (QED) is 0.350. The number of esters is 1. The third-order valence-electron chi connectivity index (χ3n) is 5.57. The Hall–Kier alpha value is -3.25. The summed E-state index contributed by atoms with van der Waals surface area (Å²) in [5.41, 5.74) is 7.05. The van der Waals surface area contributed by atoms with Crippen LogP contribution in [-0.2, 0) is 21.3 Å². The summed E-state index contributed by atoms with van der Waals surface area (Å²) in [4.78, 5) is 24.8. The summed E-state index contributed by atoms with van der Waals surface area (Å²) in [6, 6.07) is 4.14. The van der Waals surface area contributed by atoms with Gasteiger partial charge in [-0.1, -0.05) is 12.8 Å². The highest BCUT2D eigenvalue weighted by molar-refractivity contribution is 7.89. The number of nitrogen functional groups attached to an aromatic ring is 1. The number of benzene rings is 1. The molecule has 1 aliphatic carbocycles. The largest absolute Gasteiger partial charge is 0.495 e. The lowest BCUT2D eigenvalue weighted by molar-refractivity contribution is 0.0496. The van der Waals surface area contributed by atoms with Crippen molar-refractivity contribution in [3.05, 3.63) is 36.4 Å². The molecule has 0 atom stereocenters. The molecule has 0 amide bonds. The molecule has 1 aromatic carbocycles. The molecular formula is C21H26N6O5S. The van der Waals surface area contributed by atoms with Crippen LogP contribution < -0.4 is 15.2 Å². The first-order valence-corrected chi connectivity index (χ1v) is 12.2. The summed E-state index contributed by atoms with van der Waals surface area (Å²) in [6.07, 6.45) is 7.06. The predicted octanol–water partition coefficient (Wildman–Crippen LogP) is 1.89. The van der Waals surface area contributed by atoms with Crippen LogP contribution in [-0.4, -0.2) is 53.7 Å². The molecule has 2 heterocycles. The Morgan fingerprint density at radius 2 is 2.03 bits per heavy atom. The second kappa shape index (κ2) is 9.71. The third-order valence-corrected chi connectivity index (χ3v) is 7.11. The Labute approximate surface area is 191 Å². The van der Waals surface area contributed by atoms with E-state index >= 15 is 0 Å². The van der Waals surface area contributed by atoms with Crippen LogP contribution in [0.1, 0.15) is 42.5 Å². The van der Waals surface area contributed by atoms with Crippen LogP contribution in [0.2, 0.25) is 0 Å². The van der Waals surface area contributed by atoms with E-state index in [-0.39, 0.29) is 28.9 Å². The topological polar surface area (TPSA) is 151 Å². The van der Waals surface area contributed by atoms with Gasteiger partial charge in [0.05, 0.1) is 25.6 Å². The van der Waals surface area contributed by atoms with Crippen molar-refractivity contribution in [1.29, 1.82) is 0 Å². The first-order chi connectivity index (χ1) is 15.9. The van der Waals surface area contributed by atoms with Gasteiger partial charge in [0.1, 0.15) is 22.5 Å². The number of methoxy groups -OCH3 is 1. The molecule has 12 heteroatoms. The summed E-state index contributed by atoms with van der Waals surface area (Å²) >= 11 is 0. The highest BCUT2D eigenvalue weighted by Crippen LogP contribution is 2.27. The number of carbonyl (C=O) groups excluding carboxylic acids is 1. The molecule has 33 heavy (non-hydrogen) atoms. The number of nitrogens with two attached hydrogens (primary N) is 1. The van der Waals surface area contributed by atoms with Crippen molar-refractivity contribution in [3.63, 3.8) is 0 Å². The molecule has 0 aliphatic heterocycles. The zero-order chi connectivity index (χ0) is 23.4. The number of carbonyl (C=O) groups is 1. The molecule has 3 aromatic rings. The van der Waals surface area contributed by atoms with Gasteiger partial charge in [-0.3, -0.25) is 0 Å². The minimum atomic E-state index is -3.84. The molecular weight excluding hydrogens is 448 g/mol. The van der Waals surface area contributed by atoms with Crippen molar-refractivity contribution in [2.45, 2.75) is 49.6 Å². The zero-order valence-corrected chi connectivity index (χ0v) is 19.0. The number of imidazole rings is 1. The SMILES string of the molecule is COc1ccc(C(=O)OCCCn2cnc3c(N)ncnc32)cc1S(=O)(=O)NC1CCCC1. The van der Waals surface area contributed by atoms with Gasteiger partial charge in [-0.25, -0.2) is 32.9 Å². The number of nitrogens with one attached hydrogen (secondary N) is 1. The molecule has 3 N–H and O–H groups in total. The fourth-order valence-corrected chi connectivity index (χ4v) is 5.39. The second-order valence-electron chi connectivity index (χ2n) is 7.83. The fraction of sp³-hybridized carbons (Fsp3) is 0.429. The van der Waals surface area contributed by atoms with Gasteiger partial charge in [-0.15, -0.1) is 0 Å². The van der Waals surface area contributed by atoms with E-state index in [0.717, 1.165) is 25.7 Å². The number of nitrogens with zero attached hydrogens (tertiary/aromatic N) is 4. The molecule has 0 bridgehead atoms. The van der Waals surface area contributed by atoms with E-state index in [0.29, 0.717) is 29.9 Å². The number of ether oxygens (including phenoxy) is 2. The maximum Gasteiger partial charge on any atom is 0.338 e. The van der Waals surface area contributed by atoms with Crippen molar-refractivity contribution in [1.82, 2.24) is 24.2 Å². The lowest BCUT2D eigenvalue weighted by atomic mass is 10.2. The summed E-state index contributed by atoms with van der Waals surface area (Å²) in [6.45, 7) is 0.640. The lowest BCUT2D eigenvalue weighted by Crippen LogP contribution is -2.33. The molecule has 11 nitrogen and oxygen atoms in total. The van der Waals surface area contributed by atoms with E-state index in [1.54, 1.807) is 10.9 Å². The van der Waals surface area contributed by atoms with Gasteiger partial charge in [-0.05, 0) is 37.5 Å². The standard InChI is InChI=1S/C21H26N6O5S/c1-31-16-8-7-14(11-17(16)33(29,30)26-15-5-2-3-6-15)21(28)32-10-4-9-27-13-25-18-19(22)23-12-24-20(18)27/h7-8,11-13,15,26H,2-6,9-10H2,1H3,(H2,22,23,24). The summed E-state index contributed by atoms with van der Waals surface area (Å²) in [7, 11) is -2.45. The molecule has 1 aliphatic rings. The Bertz CT molecular complexity index is 1250. The molecule has 4 rings (SSSR count). The molecule has 1 fully saturated rings. The van der Waals surface area contributed by atoms with E-state index in [2.05, 4.69) is 19.7 Å². The van der Waals surface area contributed by atoms with E-state index in [1.165, 1.54) is 31.6 Å². The van der Waals surface area contributed by atoms with Crippen molar-refractivity contribution in [3.8, 4) is 5.75 Å². The molecule has 176 valence electrons. The molecule has 0 radical (unpaired) electrons. The Balaban J connectivity index is 1.39. The van der Waals surface area contributed by atoms with Gasteiger partial charge in [0, 0.05) is 12.6 Å². The van der Waals surface area contributed by atoms with Crippen molar-refractivity contribution in [2.24, 2.45) is 0 Å². The smallest absolute Gasteiger partial charge is 0.338 e. The monoisotopic (exact) mass is 474 g/mol. The Kier molecular flexibility index (Phi) is 6.75. The van der Waals surface area contributed by atoms with E-state index in [9.17, 15) is 13.2 Å². The maximum absolute atomic E-state index is 12.9. The van der Waals surface area contributed by atoms with Crippen LogP contribution in [0.25, 0.3) is 11.2 Å². The summed E-state index contributed by atoms with van der Waals surface area (Å²) < 4.78 is 40.9. The van der Waals surface area contributed by atoms with E-state index in [1.807, 2.05) is 0 Å². The third kappa shape index (κ3) is 5.06. The Morgan fingerprint density at radius 1 is 1.24 bits per heavy atom. The zero-order valence-electron chi connectivity index (χ0n) is 18.2. The number of anilines is 1. The van der Waals surface area contributed by atoms with Gasteiger partial charge in [-0.2, -0.15) is 0 Å². The second-order valence-corrected chi connectivity index (χ2v) is 9.51. The first-order valence-electron chi connectivity index (χ1n) is 10.7. The number of aromatic nitrogens is 4. The van der Waals surface area contributed by atoms with Gasteiger partial charge in [0.25, 0.3) is 0 Å². The minimum Gasteiger partial charge on any atom is -0.495 e. The van der Waals surface area contributed by atoms with Crippen LogP contribution in [0.3, 0.4) is 0 Å². The first kappa shape index (κ1) is 22.9. The van der Waals surface area contributed by atoms with Gasteiger partial charge >= 0.3 is 5.97 Å². The normalized spacial score (nSPS) is 14.6. The molecule has 0 spiro atoms. The molecule has 1 saturated carbocycles. The minimum absolute atomic E-state index is 0.0755. The number of sulfonamides is 1. The number of hydrogen-bond donors (Lipinski definition) is 2. The van der Waals surface area contributed by atoms with Crippen molar-refractivity contribution >= 4 is 33.0 Å². The number of aryl methyl sites for hydroxylation is 1. The lowest BCUT2D eigenvalue weighted by Gasteiger charge is -2.15. The van der Waals surface area contributed by atoms with Gasteiger partial charge in [0.2, 0.25) is 10.0 Å². The van der Waals surface area contributed by atoms with E-state index in [4.69, 9.17) is 15.2 Å². The number of hydrogen-bond acceptors (Lipinski definition) is 9. The maximum atomic E-state index is 12.9. The van der Waals surface area contributed by atoms with Crippen molar-refractivity contribution < 1.29 is 22.7 Å². The van der Waals surface area contributed by atoms with Gasteiger partial charge in [0.15, 0.2) is 11.5 Å². The van der Waals surface area contributed by atoms with Crippen LogP contribution in [0.5, 0.6) is 5.75 Å².